The molecule has 1 aliphatic heterocycles. The smallest absolute Gasteiger partial charge is 0.227 e. The predicted molar refractivity (Wildman–Crippen MR) is 88.5 cm³/mol. The van der Waals surface area contributed by atoms with Gasteiger partial charge < -0.3 is 23.8 Å². The van der Waals surface area contributed by atoms with Crippen molar-refractivity contribution in [2.45, 2.75) is 37.5 Å². The van der Waals surface area contributed by atoms with Gasteiger partial charge in [0, 0.05) is 25.3 Å². The molecular weight excluding hydrogens is 310 g/mol. The number of morpholine rings is 1. The molecule has 0 aromatic heterocycles. The van der Waals surface area contributed by atoms with E-state index in [1.807, 2.05) is 17.0 Å². The quantitative estimate of drug-likeness (QED) is 0.819. The highest BCUT2D eigenvalue weighted by Gasteiger charge is 2.44. The van der Waals surface area contributed by atoms with Gasteiger partial charge in [0.25, 0.3) is 0 Å². The van der Waals surface area contributed by atoms with E-state index in [1.165, 1.54) is 0 Å². The lowest BCUT2D eigenvalue weighted by Gasteiger charge is -2.39. The monoisotopic (exact) mass is 335 g/mol. The average Bonchev–Trinajstić information content (AvgIpc) is 3.05. The number of amides is 1. The normalized spacial score (nSPS) is 26.1. The average molecular weight is 335 g/mol. The number of nitrogens with zero attached hydrogens (tertiary/aromatic N) is 1. The topological polar surface area (TPSA) is 57.2 Å². The molecule has 0 unspecified atom stereocenters. The van der Waals surface area contributed by atoms with Crippen molar-refractivity contribution in [1.82, 2.24) is 4.90 Å². The van der Waals surface area contributed by atoms with Crippen LogP contribution >= 0.6 is 0 Å². The number of ether oxygens (including phenoxy) is 4. The zero-order valence-corrected chi connectivity index (χ0v) is 14.5. The fourth-order valence-corrected chi connectivity index (χ4v) is 3.74. The van der Waals surface area contributed by atoms with Gasteiger partial charge in [-0.15, -0.1) is 0 Å². The highest BCUT2D eigenvalue weighted by atomic mass is 16.5. The van der Waals surface area contributed by atoms with Crippen molar-refractivity contribution in [2.24, 2.45) is 0 Å². The summed E-state index contributed by atoms with van der Waals surface area (Å²) in [7, 11) is 4.92. The van der Waals surface area contributed by atoms with E-state index in [1.54, 1.807) is 27.4 Å². The summed E-state index contributed by atoms with van der Waals surface area (Å²) in [5.41, 5.74) is 0.868. The van der Waals surface area contributed by atoms with Crippen molar-refractivity contribution in [3.05, 3.63) is 23.8 Å². The number of hydrogen-bond donors (Lipinski definition) is 0. The molecule has 0 N–H and O–H groups in total. The highest BCUT2D eigenvalue weighted by molar-refractivity contribution is 5.80. The molecule has 2 aliphatic rings. The molecule has 6 nitrogen and oxygen atoms in total. The maximum absolute atomic E-state index is 12.9. The molecule has 1 aromatic carbocycles. The number of rotatable bonds is 5. The summed E-state index contributed by atoms with van der Waals surface area (Å²) in [5.74, 6) is 1.50. The minimum Gasteiger partial charge on any atom is -0.497 e. The molecule has 3 rings (SSSR count). The molecule has 24 heavy (non-hydrogen) atoms. The summed E-state index contributed by atoms with van der Waals surface area (Å²) >= 11 is 0. The van der Waals surface area contributed by atoms with Crippen LogP contribution in [-0.4, -0.2) is 63.5 Å². The van der Waals surface area contributed by atoms with Crippen molar-refractivity contribution in [2.75, 3.05) is 34.5 Å². The van der Waals surface area contributed by atoms with Crippen LogP contribution in [0.1, 0.15) is 18.4 Å². The van der Waals surface area contributed by atoms with Crippen LogP contribution < -0.4 is 9.47 Å². The second kappa shape index (κ2) is 7.40. The molecule has 3 atom stereocenters. The van der Waals surface area contributed by atoms with Gasteiger partial charge in [0.05, 0.1) is 39.4 Å². The number of carbonyl (C=O) groups excluding carboxylic acids is 1. The summed E-state index contributed by atoms with van der Waals surface area (Å²) in [6.45, 7) is 1.20. The van der Waals surface area contributed by atoms with E-state index in [9.17, 15) is 4.79 Å². The third-order valence-corrected chi connectivity index (χ3v) is 4.99. The van der Waals surface area contributed by atoms with E-state index in [4.69, 9.17) is 18.9 Å². The van der Waals surface area contributed by atoms with Gasteiger partial charge in [0.2, 0.25) is 5.91 Å². The van der Waals surface area contributed by atoms with Crippen molar-refractivity contribution >= 4 is 5.91 Å². The molecule has 1 amide bonds. The third kappa shape index (κ3) is 3.21. The fraction of sp³-hybridized carbons (Fsp3) is 0.611. The molecule has 6 heteroatoms. The molecule has 0 spiro atoms. The second-order valence-electron chi connectivity index (χ2n) is 6.20. The van der Waals surface area contributed by atoms with Crippen LogP contribution in [0.25, 0.3) is 0 Å². The first kappa shape index (κ1) is 17.0. The van der Waals surface area contributed by atoms with E-state index < -0.39 is 0 Å². The Bertz CT molecular complexity index is 591. The van der Waals surface area contributed by atoms with Crippen LogP contribution in [0, 0.1) is 0 Å². The number of benzene rings is 1. The van der Waals surface area contributed by atoms with Gasteiger partial charge in [-0.2, -0.15) is 0 Å². The van der Waals surface area contributed by atoms with Gasteiger partial charge in [0.15, 0.2) is 0 Å². The summed E-state index contributed by atoms with van der Waals surface area (Å²) in [4.78, 5) is 14.8. The summed E-state index contributed by atoms with van der Waals surface area (Å²) in [6, 6.07) is 5.66. The Morgan fingerprint density at radius 1 is 1.25 bits per heavy atom. The van der Waals surface area contributed by atoms with Crippen molar-refractivity contribution in [3.63, 3.8) is 0 Å². The molecule has 1 aromatic rings. The standard InChI is InChI=1S/C18H25NO5/c1-21-13-5-4-12(16(11-13)23-3)10-17(20)19-8-9-24-18-14(19)6-7-15(18)22-2/h4-5,11,14-15,18H,6-10H2,1-3H3/t14-,15+,18+/m0/s1. The van der Waals surface area contributed by atoms with Gasteiger partial charge in [-0.1, -0.05) is 6.07 Å². The molecule has 132 valence electrons. The zero-order valence-electron chi connectivity index (χ0n) is 14.5. The van der Waals surface area contributed by atoms with Crippen LogP contribution in [0.3, 0.4) is 0 Å². The molecule has 0 radical (unpaired) electrons. The summed E-state index contributed by atoms with van der Waals surface area (Å²) in [5, 5.41) is 0. The lowest BCUT2D eigenvalue weighted by atomic mass is 10.1. The van der Waals surface area contributed by atoms with Gasteiger partial charge in [-0.05, 0) is 18.9 Å². The first-order chi connectivity index (χ1) is 11.7. The van der Waals surface area contributed by atoms with Crippen LogP contribution in [0.15, 0.2) is 18.2 Å². The summed E-state index contributed by atoms with van der Waals surface area (Å²) in [6.07, 6.45) is 2.25. The second-order valence-corrected chi connectivity index (χ2v) is 6.20. The SMILES string of the molecule is COc1ccc(CC(=O)N2CCO[C@H]3[C@H](OC)CC[C@@H]32)c(OC)c1. The molecule has 1 saturated carbocycles. The maximum Gasteiger partial charge on any atom is 0.227 e. The third-order valence-electron chi connectivity index (χ3n) is 4.99. The van der Waals surface area contributed by atoms with Crippen LogP contribution in [-0.2, 0) is 20.7 Å². The molecule has 1 aliphatic carbocycles. The Labute approximate surface area is 142 Å². The highest BCUT2D eigenvalue weighted by Crippen LogP contribution is 2.33. The Balaban J connectivity index is 1.73. The van der Waals surface area contributed by atoms with Crippen molar-refractivity contribution < 1.29 is 23.7 Å². The first-order valence-corrected chi connectivity index (χ1v) is 8.32. The number of methoxy groups -OCH3 is 3. The minimum atomic E-state index is -0.00883. The van der Waals surface area contributed by atoms with Gasteiger partial charge in [-0.25, -0.2) is 0 Å². The first-order valence-electron chi connectivity index (χ1n) is 8.32. The maximum atomic E-state index is 12.9. The van der Waals surface area contributed by atoms with E-state index in [2.05, 4.69) is 0 Å². The molecule has 0 bridgehead atoms. The van der Waals surface area contributed by atoms with Crippen LogP contribution in [0.5, 0.6) is 11.5 Å². The minimum absolute atomic E-state index is 0.00883. The number of carbonyl (C=O) groups is 1. The lowest BCUT2D eigenvalue weighted by Crippen LogP contribution is -2.54. The number of hydrogen-bond acceptors (Lipinski definition) is 5. The molecule has 1 saturated heterocycles. The molecule has 1 heterocycles. The molecule has 2 fully saturated rings. The Morgan fingerprint density at radius 3 is 2.79 bits per heavy atom. The van der Waals surface area contributed by atoms with E-state index in [-0.39, 0.29) is 24.2 Å². The lowest BCUT2D eigenvalue weighted by molar-refractivity contribution is -0.149. The van der Waals surface area contributed by atoms with Crippen LogP contribution in [0.4, 0.5) is 0 Å². The van der Waals surface area contributed by atoms with Gasteiger partial charge >= 0.3 is 0 Å². The largest absolute Gasteiger partial charge is 0.497 e. The predicted octanol–water partition coefficient (Wildman–Crippen LogP) is 1.65. The Morgan fingerprint density at radius 2 is 2.08 bits per heavy atom. The number of fused-ring (bicyclic) bond motifs is 1. The van der Waals surface area contributed by atoms with E-state index in [0.717, 1.165) is 18.4 Å². The Hall–Kier alpha value is -1.79. The van der Waals surface area contributed by atoms with Gasteiger partial charge in [0.1, 0.15) is 17.6 Å². The van der Waals surface area contributed by atoms with Crippen molar-refractivity contribution in [3.8, 4) is 11.5 Å². The zero-order chi connectivity index (χ0) is 17.1. The van der Waals surface area contributed by atoms with Crippen molar-refractivity contribution in [1.29, 1.82) is 0 Å². The Kier molecular flexibility index (Phi) is 5.26. The van der Waals surface area contributed by atoms with E-state index >= 15 is 0 Å². The molecular formula is C18H25NO5. The van der Waals surface area contributed by atoms with Crippen LogP contribution in [0.2, 0.25) is 0 Å². The summed E-state index contributed by atoms with van der Waals surface area (Å²) < 4.78 is 22.0. The van der Waals surface area contributed by atoms with E-state index in [0.29, 0.717) is 31.1 Å². The van der Waals surface area contributed by atoms with Gasteiger partial charge in [-0.3, -0.25) is 4.79 Å². The fourth-order valence-electron chi connectivity index (χ4n) is 3.74.